The van der Waals surface area contributed by atoms with E-state index in [1.807, 2.05) is 20.8 Å². The molecule has 1 amide bonds. The van der Waals surface area contributed by atoms with Crippen molar-refractivity contribution >= 4 is 5.91 Å². The fraction of sp³-hybridized carbons (Fsp3) is 0.500. The number of carbonyl (C=O) groups is 1. The highest BCUT2D eigenvalue weighted by Crippen LogP contribution is 2.20. The molecule has 0 aliphatic rings. The molecule has 0 radical (unpaired) electrons. The van der Waals surface area contributed by atoms with Crippen LogP contribution in [0.4, 0.5) is 4.39 Å². The lowest BCUT2D eigenvalue weighted by atomic mass is 10.0. The molecular weight excluding hydrogens is 247 g/mol. The quantitative estimate of drug-likeness (QED) is 0.849. The van der Waals surface area contributed by atoms with Gasteiger partial charge in [-0.05, 0) is 38.5 Å². The molecule has 1 atom stereocenters. The highest BCUT2D eigenvalue weighted by Gasteiger charge is 2.25. The number of hydrogen-bond donors (Lipinski definition) is 2. The van der Waals surface area contributed by atoms with Crippen molar-refractivity contribution in [2.75, 3.05) is 13.1 Å². The van der Waals surface area contributed by atoms with E-state index in [2.05, 4.69) is 0 Å². The Balaban J connectivity index is 2.78. The predicted molar refractivity (Wildman–Crippen MR) is 71.9 cm³/mol. The lowest BCUT2D eigenvalue weighted by Gasteiger charge is -2.36. The molecule has 1 aromatic carbocycles. The van der Waals surface area contributed by atoms with E-state index in [0.717, 1.165) is 0 Å². The van der Waals surface area contributed by atoms with Crippen molar-refractivity contribution in [3.05, 3.63) is 35.6 Å². The molecule has 4 nitrogen and oxygen atoms in total. The van der Waals surface area contributed by atoms with E-state index in [1.54, 1.807) is 4.90 Å². The SMILES string of the molecule is CC(C)(C)N(CC(N)=O)CC(O)c1ccc(F)cc1. The first-order valence-electron chi connectivity index (χ1n) is 6.17. The molecule has 1 aromatic rings. The van der Waals surface area contributed by atoms with Crippen molar-refractivity contribution in [1.82, 2.24) is 4.90 Å². The minimum Gasteiger partial charge on any atom is -0.387 e. The van der Waals surface area contributed by atoms with E-state index in [-0.39, 0.29) is 24.4 Å². The summed E-state index contributed by atoms with van der Waals surface area (Å²) in [5, 5.41) is 10.1. The molecule has 0 heterocycles. The fourth-order valence-corrected chi connectivity index (χ4v) is 1.76. The topological polar surface area (TPSA) is 66.6 Å². The zero-order chi connectivity index (χ0) is 14.6. The number of nitrogens with two attached hydrogens (primary N) is 1. The third kappa shape index (κ3) is 4.96. The highest BCUT2D eigenvalue weighted by atomic mass is 19.1. The van der Waals surface area contributed by atoms with Gasteiger partial charge >= 0.3 is 0 Å². The first kappa shape index (κ1) is 15.6. The van der Waals surface area contributed by atoms with Gasteiger partial charge in [0.25, 0.3) is 0 Å². The summed E-state index contributed by atoms with van der Waals surface area (Å²) in [7, 11) is 0. The van der Waals surface area contributed by atoms with Crippen molar-refractivity contribution in [2.45, 2.75) is 32.4 Å². The van der Waals surface area contributed by atoms with Gasteiger partial charge < -0.3 is 10.8 Å². The van der Waals surface area contributed by atoms with Crippen LogP contribution in [-0.2, 0) is 4.79 Å². The van der Waals surface area contributed by atoms with Gasteiger partial charge in [0.1, 0.15) is 5.82 Å². The molecule has 0 bridgehead atoms. The van der Waals surface area contributed by atoms with Crippen molar-refractivity contribution in [1.29, 1.82) is 0 Å². The molecule has 1 rings (SSSR count). The number of carbonyl (C=O) groups excluding carboxylic acids is 1. The maximum Gasteiger partial charge on any atom is 0.231 e. The normalized spacial score (nSPS) is 13.6. The number of aliphatic hydroxyl groups excluding tert-OH is 1. The molecule has 106 valence electrons. The Kier molecular flexibility index (Phi) is 5.03. The zero-order valence-electron chi connectivity index (χ0n) is 11.6. The van der Waals surface area contributed by atoms with Gasteiger partial charge in [-0.15, -0.1) is 0 Å². The molecule has 0 aliphatic heterocycles. The zero-order valence-corrected chi connectivity index (χ0v) is 11.6. The Morgan fingerprint density at radius 1 is 1.37 bits per heavy atom. The van der Waals surface area contributed by atoms with Gasteiger partial charge in [-0.25, -0.2) is 4.39 Å². The van der Waals surface area contributed by atoms with E-state index in [4.69, 9.17) is 5.73 Å². The number of β-amino-alcohol motifs (C(OH)–C–C–N with tert-alkyl or cyclic N) is 1. The highest BCUT2D eigenvalue weighted by molar-refractivity contribution is 5.76. The second-order valence-electron chi connectivity index (χ2n) is 5.59. The van der Waals surface area contributed by atoms with Crippen molar-refractivity contribution in [2.24, 2.45) is 5.73 Å². The molecule has 0 fully saturated rings. The lowest BCUT2D eigenvalue weighted by molar-refractivity contribution is -0.120. The van der Waals surface area contributed by atoms with Crippen LogP contribution in [0.15, 0.2) is 24.3 Å². The van der Waals surface area contributed by atoms with Crippen LogP contribution in [0.5, 0.6) is 0 Å². The van der Waals surface area contributed by atoms with E-state index < -0.39 is 12.0 Å². The molecule has 0 saturated heterocycles. The minimum atomic E-state index is -0.792. The molecule has 3 N–H and O–H groups in total. The molecule has 0 spiro atoms. The second-order valence-corrected chi connectivity index (χ2v) is 5.59. The first-order chi connectivity index (χ1) is 8.70. The van der Waals surface area contributed by atoms with Crippen LogP contribution in [0.25, 0.3) is 0 Å². The monoisotopic (exact) mass is 268 g/mol. The van der Waals surface area contributed by atoms with Crippen molar-refractivity contribution in [3.63, 3.8) is 0 Å². The van der Waals surface area contributed by atoms with E-state index in [9.17, 15) is 14.3 Å². The van der Waals surface area contributed by atoms with E-state index in [1.165, 1.54) is 24.3 Å². The molecule has 5 heteroatoms. The van der Waals surface area contributed by atoms with Crippen LogP contribution in [0.2, 0.25) is 0 Å². The van der Waals surface area contributed by atoms with Crippen LogP contribution < -0.4 is 5.73 Å². The number of halogens is 1. The summed E-state index contributed by atoms with van der Waals surface area (Å²) in [5.41, 5.74) is 5.53. The van der Waals surface area contributed by atoms with Crippen molar-refractivity contribution < 1.29 is 14.3 Å². The van der Waals surface area contributed by atoms with Gasteiger partial charge in [0.2, 0.25) is 5.91 Å². The number of nitrogens with zero attached hydrogens (tertiary/aromatic N) is 1. The lowest BCUT2D eigenvalue weighted by Crippen LogP contribution is -2.47. The number of primary amides is 1. The Morgan fingerprint density at radius 3 is 2.32 bits per heavy atom. The molecule has 0 aromatic heterocycles. The van der Waals surface area contributed by atoms with Crippen LogP contribution >= 0.6 is 0 Å². The van der Waals surface area contributed by atoms with Crippen LogP contribution in [0.3, 0.4) is 0 Å². The van der Waals surface area contributed by atoms with Gasteiger partial charge in [0.05, 0.1) is 12.6 Å². The van der Waals surface area contributed by atoms with Crippen LogP contribution in [-0.4, -0.2) is 34.5 Å². The van der Waals surface area contributed by atoms with Crippen LogP contribution in [0.1, 0.15) is 32.4 Å². The Morgan fingerprint density at radius 2 is 1.89 bits per heavy atom. The third-order valence-corrected chi connectivity index (χ3v) is 2.94. The number of amides is 1. The maximum atomic E-state index is 12.8. The smallest absolute Gasteiger partial charge is 0.231 e. The minimum absolute atomic E-state index is 0.0712. The molecule has 0 saturated carbocycles. The van der Waals surface area contributed by atoms with E-state index >= 15 is 0 Å². The summed E-state index contributed by atoms with van der Waals surface area (Å²) in [6, 6.07) is 5.67. The summed E-state index contributed by atoms with van der Waals surface area (Å²) in [6.07, 6.45) is -0.792. The van der Waals surface area contributed by atoms with Crippen molar-refractivity contribution in [3.8, 4) is 0 Å². The average molecular weight is 268 g/mol. The standard InChI is InChI=1S/C14H21FN2O2/c1-14(2,3)17(9-13(16)19)8-12(18)10-4-6-11(15)7-5-10/h4-7,12,18H,8-9H2,1-3H3,(H2,16,19). The summed E-state index contributed by atoms with van der Waals surface area (Å²) in [4.78, 5) is 12.9. The van der Waals surface area contributed by atoms with Gasteiger partial charge in [0.15, 0.2) is 0 Å². The fourth-order valence-electron chi connectivity index (χ4n) is 1.76. The number of rotatable bonds is 5. The maximum absolute atomic E-state index is 12.8. The second kappa shape index (κ2) is 6.12. The van der Waals surface area contributed by atoms with Gasteiger partial charge in [0, 0.05) is 12.1 Å². The largest absolute Gasteiger partial charge is 0.387 e. The number of hydrogen-bond acceptors (Lipinski definition) is 3. The average Bonchev–Trinajstić information content (AvgIpc) is 2.27. The first-order valence-corrected chi connectivity index (χ1v) is 6.17. The summed E-state index contributed by atoms with van der Waals surface area (Å²) in [6.45, 7) is 6.15. The summed E-state index contributed by atoms with van der Waals surface area (Å²) in [5.74, 6) is -0.790. The summed E-state index contributed by atoms with van der Waals surface area (Å²) >= 11 is 0. The predicted octanol–water partition coefficient (Wildman–Crippen LogP) is 1.44. The molecular formula is C14H21FN2O2. The summed E-state index contributed by atoms with van der Waals surface area (Å²) < 4.78 is 12.8. The number of aliphatic hydroxyl groups is 1. The third-order valence-electron chi connectivity index (χ3n) is 2.94. The molecule has 1 unspecified atom stereocenters. The Labute approximate surface area is 113 Å². The van der Waals surface area contributed by atoms with Crippen LogP contribution in [0, 0.1) is 5.82 Å². The van der Waals surface area contributed by atoms with E-state index in [0.29, 0.717) is 5.56 Å². The molecule has 0 aliphatic carbocycles. The number of benzene rings is 1. The van der Waals surface area contributed by atoms with Gasteiger partial charge in [-0.2, -0.15) is 0 Å². The van der Waals surface area contributed by atoms with Gasteiger partial charge in [-0.3, -0.25) is 9.69 Å². The Hall–Kier alpha value is -1.46. The molecule has 19 heavy (non-hydrogen) atoms. The Bertz CT molecular complexity index is 426. The van der Waals surface area contributed by atoms with Gasteiger partial charge in [-0.1, -0.05) is 12.1 Å².